The van der Waals surface area contributed by atoms with Crippen molar-refractivity contribution in [1.82, 2.24) is 15.1 Å². The summed E-state index contributed by atoms with van der Waals surface area (Å²) in [5, 5.41) is 3.42. The third-order valence-corrected chi connectivity index (χ3v) is 4.10. The number of hydrogen-bond donors (Lipinski definition) is 1. The maximum absolute atomic E-state index is 11.7. The van der Waals surface area contributed by atoms with Crippen LogP contribution < -0.4 is 5.32 Å². The maximum Gasteiger partial charge on any atom is 0.409 e. The molecule has 7 nitrogen and oxygen atoms in total. The number of carbonyl (C=O) groups excluding carboxylic acids is 1. The highest BCUT2D eigenvalue weighted by atomic mass is 16.6. The molecule has 1 saturated heterocycles. The van der Waals surface area contributed by atoms with Gasteiger partial charge in [-0.25, -0.2) is 4.79 Å². The third-order valence-electron chi connectivity index (χ3n) is 4.10. The Morgan fingerprint density at radius 3 is 2.70 bits per heavy atom. The average molecular weight is 324 g/mol. The minimum absolute atomic E-state index is 0.221. The summed E-state index contributed by atoms with van der Waals surface area (Å²) < 4.78 is 10.4. The van der Waals surface area contributed by atoms with E-state index in [-0.39, 0.29) is 6.09 Å². The number of piperazine rings is 1. The molecular weight excluding hydrogens is 296 g/mol. The molecule has 2 rings (SSSR count). The number of guanidine groups is 1. The number of aliphatic imine (C=N–C) groups is 1. The molecule has 1 fully saturated rings. The number of ether oxygens (including phenoxy) is 2. The molecule has 1 N–H and O–H groups in total. The average Bonchev–Trinajstić information content (AvgIpc) is 2.60. The van der Waals surface area contributed by atoms with Gasteiger partial charge in [-0.05, 0) is 19.8 Å². The van der Waals surface area contributed by atoms with E-state index in [1.54, 1.807) is 11.9 Å². The molecule has 2 aliphatic rings. The fourth-order valence-corrected chi connectivity index (χ4v) is 2.78. The quantitative estimate of drug-likeness (QED) is 0.476. The predicted molar refractivity (Wildman–Crippen MR) is 89.7 cm³/mol. The number of rotatable bonds is 4. The molecule has 23 heavy (non-hydrogen) atoms. The van der Waals surface area contributed by atoms with Crippen LogP contribution in [0, 0.1) is 0 Å². The summed E-state index contributed by atoms with van der Waals surface area (Å²) in [5.41, 5.74) is 1.45. The van der Waals surface area contributed by atoms with Gasteiger partial charge in [0.25, 0.3) is 0 Å². The molecule has 0 aromatic heterocycles. The van der Waals surface area contributed by atoms with Gasteiger partial charge >= 0.3 is 6.09 Å². The van der Waals surface area contributed by atoms with Crippen LogP contribution in [0.2, 0.25) is 0 Å². The van der Waals surface area contributed by atoms with Gasteiger partial charge in [0.1, 0.15) is 0 Å². The second-order valence-corrected chi connectivity index (χ2v) is 5.58. The Morgan fingerprint density at radius 2 is 2.09 bits per heavy atom. The molecule has 0 aromatic rings. The van der Waals surface area contributed by atoms with Gasteiger partial charge in [-0.1, -0.05) is 11.6 Å². The lowest BCUT2D eigenvalue weighted by molar-refractivity contribution is 0.0914. The molecule has 0 aliphatic carbocycles. The molecule has 0 spiro atoms. The van der Waals surface area contributed by atoms with Crippen molar-refractivity contribution in [2.75, 3.05) is 59.6 Å². The van der Waals surface area contributed by atoms with Crippen molar-refractivity contribution in [3.63, 3.8) is 0 Å². The first-order valence-corrected chi connectivity index (χ1v) is 8.37. The monoisotopic (exact) mass is 324 g/mol. The molecule has 0 unspecified atom stereocenters. The van der Waals surface area contributed by atoms with Crippen LogP contribution >= 0.6 is 0 Å². The first-order chi connectivity index (χ1) is 11.2. The predicted octanol–water partition coefficient (Wildman–Crippen LogP) is 1.07. The fourth-order valence-electron chi connectivity index (χ4n) is 2.78. The zero-order chi connectivity index (χ0) is 16.5. The van der Waals surface area contributed by atoms with Crippen LogP contribution in [-0.4, -0.2) is 81.4 Å². The maximum atomic E-state index is 11.7. The van der Waals surface area contributed by atoms with Crippen LogP contribution in [0.25, 0.3) is 0 Å². The Kier molecular flexibility index (Phi) is 7.19. The van der Waals surface area contributed by atoms with E-state index in [0.717, 1.165) is 51.6 Å². The molecule has 0 radical (unpaired) electrons. The van der Waals surface area contributed by atoms with E-state index in [2.05, 4.69) is 21.3 Å². The van der Waals surface area contributed by atoms with Crippen LogP contribution in [0.1, 0.15) is 19.8 Å². The molecule has 2 aliphatic heterocycles. The summed E-state index contributed by atoms with van der Waals surface area (Å²) in [6.07, 6.45) is 4.00. The number of hydrogen-bond acceptors (Lipinski definition) is 4. The van der Waals surface area contributed by atoms with Gasteiger partial charge in [-0.3, -0.25) is 4.99 Å². The van der Waals surface area contributed by atoms with E-state index in [9.17, 15) is 4.79 Å². The van der Waals surface area contributed by atoms with E-state index < -0.39 is 0 Å². The van der Waals surface area contributed by atoms with Crippen molar-refractivity contribution in [3.8, 4) is 0 Å². The van der Waals surface area contributed by atoms with Gasteiger partial charge in [0, 0.05) is 39.8 Å². The van der Waals surface area contributed by atoms with Gasteiger partial charge in [-0.2, -0.15) is 0 Å². The summed E-state index contributed by atoms with van der Waals surface area (Å²) >= 11 is 0. The smallest absolute Gasteiger partial charge is 0.409 e. The summed E-state index contributed by atoms with van der Waals surface area (Å²) in [4.78, 5) is 20.0. The van der Waals surface area contributed by atoms with Crippen LogP contribution in [-0.2, 0) is 9.47 Å². The van der Waals surface area contributed by atoms with Crippen LogP contribution in [0.5, 0.6) is 0 Å². The van der Waals surface area contributed by atoms with Crippen molar-refractivity contribution >= 4 is 12.1 Å². The molecule has 0 atom stereocenters. The molecule has 0 saturated carbocycles. The van der Waals surface area contributed by atoms with E-state index in [4.69, 9.17) is 9.47 Å². The van der Waals surface area contributed by atoms with Crippen molar-refractivity contribution in [2.24, 2.45) is 4.99 Å². The summed E-state index contributed by atoms with van der Waals surface area (Å²) in [6, 6.07) is 0. The highest BCUT2D eigenvalue weighted by molar-refractivity contribution is 5.80. The second kappa shape index (κ2) is 9.39. The van der Waals surface area contributed by atoms with Gasteiger partial charge in [-0.15, -0.1) is 0 Å². The number of carbonyl (C=O) groups is 1. The van der Waals surface area contributed by atoms with E-state index in [1.165, 1.54) is 5.57 Å². The zero-order valence-corrected chi connectivity index (χ0v) is 14.2. The van der Waals surface area contributed by atoms with E-state index in [0.29, 0.717) is 19.7 Å². The number of nitrogens with one attached hydrogen (secondary N) is 1. The number of amides is 1. The second-order valence-electron chi connectivity index (χ2n) is 5.58. The van der Waals surface area contributed by atoms with Crippen molar-refractivity contribution in [1.29, 1.82) is 0 Å². The van der Waals surface area contributed by atoms with Crippen molar-refractivity contribution in [2.45, 2.75) is 19.8 Å². The molecule has 0 aromatic carbocycles. The Bertz CT molecular complexity index is 443. The lowest BCUT2D eigenvalue weighted by atomic mass is 10.1. The highest BCUT2D eigenvalue weighted by Crippen LogP contribution is 2.11. The fraction of sp³-hybridized carbons (Fsp3) is 0.750. The largest absolute Gasteiger partial charge is 0.450 e. The van der Waals surface area contributed by atoms with Crippen LogP contribution in [0.3, 0.4) is 0 Å². The lowest BCUT2D eigenvalue weighted by Crippen LogP contribution is -2.54. The Labute approximate surface area is 138 Å². The molecule has 130 valence electrons. The molecule has 1 amide bonds. The number of nitrogens with zero attached hydrogens (tertiary/aromatic N) is 3. The van der Waals surface area contributed by atoms with Gasteiger partial charge in [0.2, 0.25) is 0 Å². The van der Waals surface area contributed by atoms with E-state index >= 15 is 0 Å². The molecular formula is C16H28N4O3. The van der Waals surface area contributed by atoms with Crippen LogP contribution in [0.4, 0.5) is 4.79 Å². The summed E-state index contributed by atoms with van der Waals surface area (Å²) in [6.45, 7) is 7.57. The molecule has 7 heteroatoms. The minimum Gasteiger partial charge on any atom is -0.450 e. The van der Waals surface area contributed by atoms with Gasteiger partial charge in [0.15, 0.2) is 5.96 Å². The zero-order valence-electron chi connectivity index (χ0n) is 14.2. The Hall–Kier alpha value is -1.76. The highest BCUT2D eigenvalue weighted by Gasteiger charge is 2.23. The standard InChI is InChI=1S/C16H28N4O3/c1-3-23-16(21)20-10-8-19(9-11-20)15(17-2)18-7-4-14-5-12-22-13-6-14/h5H,3-4,6-13H2,1-2H3,(H,17,18). The van der Waals surface area contributed by atoms with Gasteiger partial charge in [0.05, 0.1) is 19.8 Å². The van der Waals surface area contributed by atoms with Gasteiger partial charge < -0.3 is 24.6 Å². The van der Waals surface area contributed by atoms with E-state index in [1.807, 2.05) is 6.92 Å². The summed E-state index contributed by atoms with van der Waals surface area (Å²) in [5.74, 6) is 0.904. The Balaban J connectivity index is 1.72. The topological polar surface area (TPSA) is 66.4 Å². The third kappa shape index (κ3) is 5.42. The summed E-state index contributed by atoms with van der Waals surface area (Å²) in [7, 11) is 1.80. The molecule has 2 heterocycles. The SMILES string of the molecule is CCOC(=O)N1CCN(C(=NC)NCCC2=CCOCC2)CC1. The van der Waals surface area contributed by atoms with Crippen LogP contribution in [0.15, 0.2) is 16.6 Å². The first kappa shape index (κ1) is 17.6. The van der Waals surface area contributed by atoms with Crippen molar-refractivity contribution in [3.05, 3.63) is 11.6 Å². The Morgan fingerprint density at radius 1 is 1.35 bits per heavy atom. The molecule has 0 bridgehead atoms. The van der Waals surface area contributed by atoms with Crippen molar-refractivity contribution < 1.29 is 14.3 Å². The normalized spacial score (nSPS) is 19.4. The lowest BCUT2D eigenvalue weighted by Gasteiger charge is -2.35. The minimum atomic E-state index is -0.221. The first-order valence-electron chi connectivity index (χ1n) is 8.37.